The number of ether oxygens (including phenoxy) is 3. The number of aliphatic imine (C=N–C) groups is 2. The molecule has 5 heterocycles. The third-order valence-electron chi connectivity index (χ3n) is 4.80. The first-order valence-corrected chi connectivity index (χ1v) is 13.9. The number of nitrogens with zero attached hydrogens (tertiary/aromatic N) is 2. The Bertz CT molecular complexity index is 1310. The molecule has 1 aliphatic heterocycles. The Morgan fingerprint density at radius 1 is 0.971 bits per heavy atom. The summed E-state index contributed by atoms with van der Waals surface area (Å²) in [5, 5.41) is 5.18. The highest BCUT2D eigenvalue weighted by molar-refractivity contribution is 7.22. The highest BCUT2D eigenvalue weighted by atomic mass is 32.1. The fraction of sp³-hybridized carbons (Fsp3) is 0.208. The maximum absolute atomic E-state index is 12.9. The van der Waals surface area contributed by atoms with E-state index in [4.69, 9.17) is 19.2 Å². The van der Waals surface area contributed by atoms with Gasteiger partial charge in [0.25, 0.3) is 0 Å². The van der Waals surface area contributed by atoms with Crippen molar-refractivity contribution in [1.29, 1.82) is 0 Å². The van der Waals surface area contributed by atoms with Gasteiger partial charge in [-0.15, -0.1) is 34.0 Å². The molecular formula is C24H20N2O4S4. The molecule has 0 spiro atoms. The van der Waals surface area contributed by atoms with E-state index in [9.17, 15) is 4.79 Å². The number of carbonyl (C=O) groups excluding carboxylic acids is 1. The van der Waals surface area contributed by atoms with Crippen molar-refractivity contribution < 1.29 is 19.0 Å². The molecule has 34 heavy (non-hydrogen) atoms. The molecule has 0 saturated carbocycles. The minimum Gasteiger partial charge on any atom is -0.462 e. The Balaban J connectivity index is 1.53. The minimum absolute atomic E-state index is 0.254. The van der Waals surface area contributed by atoms with Crippen LogP contribution in [0.15, 0.2) is 57.1 Å². The van der Waals surface area contributed by atoms with Crippen LogP contribution in [0.3, 0.4) is 0 Å². The van der Waals surface area contributed by atoms with E-state index in [0.717, 1.165) is 9.75 Å². The van der Waals surface area contributed by atoms with Gasteiger partial charge in [-0.3, -0.25) is 0 Å². The molecule has 174 valence electrons. The van der Waals surface area contributed by atoms with Gasteiger partial charge in [0, 0.05) is 31.9 Å². The van der Waals surface area contributed by atoms with E-state index >= 15 is 0 Å². The van der Waals surface area contributed by atoms with Crippen molar-refractivity contribution in [3.05, 3.63) is 68.0 Å². The number of esters is 1. The van der Waals surface area contributed by atoms with Crippen molar-refractivity contribution in [1.82, 2.24) is 0 Å². The lowest BCUT2D eigenvalue weighted by Crippen LogP contribution is -2.32. The standard InChI is InChI=1S/C24H20N2O4S4/c1-3-28-23(27)19-20(24-29-14(2)30-24)22(34-21(19)25-12-15-6-4-10-31-15)26-13-16-8-9-18(33-16)17-7-5-11-32-17/h4-14,24H,3H2,1-2H3/b25-12+,26-13+. The first-order chi connectivity index (χ1) is 16.6. The van der Waals surface area contributed by atoms with Crippen LogP contribution in [0.1, 0.15) is 45.8 Å². The number of rotatable bonds is 8. The highest BCUT2D eigenvalue weighted by Gasteiger charge is 2.38. The fourth-order valence-electron chi connectivity index (χ4n) is 3.30. The Morgan fingerprint density at radius 2 is 1.74 bits per heavy atom. The van der Waals surface area contributed by atoms with Crippen LogP contribution in [0.5, 0.6) is 0 Å². The molecule has 1 aliphatic rings. The molecule has 0 radical (unpaired) electrons. The van der Waals surface area contributed by atoms with Crippen LogP contribution in [0.25, 0.3) is 9.75 Å². The van der Waals surface area contributed by atoms with Gasteiger partial charge >= 0.3 is 5.97 Å². The lowest BCUT2D eigenvalue weighted by Gasteiger charge is -2.34. The lowest BCUT2D eigenvalue weighted by molar-refractivity contribution is -0.382. The van der Waals surface area contributed by atoms with Crippen LogP contribution >= 0.6 is 45.3 Å². The van der Waals surface area contributed by atoms with E-state index in [1.165, 1.54) is 21.1 Å². The quantitative estimate of drug-likeness (QED) is 0.174. The second-order valence-electron chi connectivity index (χ2n) is 7.10. The van der Waals surface area contributed by atoms with Crippen LogP contribution in [0, 0.1) is 0 Å². The second-order valence-corrected chi connectivity index (χ2v) is 11.1. The number of carbonyl (C=O) groups is 1. The first kappa shape index (κ1) is 23.3. The zero-order chi connectivity index (χ0) is 23.5. The summed E-state index contributed by atoms with van der Waals surface area (Å²) in [5.41, 5.74) is 0.903. The lowest BCUT2D eigenvalue weighted by atomic mass is 10.1. The third kappa shape index (κ3) is 4.97. The summed E-state index contributed by atoms with van der Waals surface area (Å²) in [5.74, 6) is -0.462. The average molecular weight is 529 g/mol. The fourth-order valence-corrected chi connectivity index (χ4v) is 6.60. The van der Waals surface area contributed by atoms with Gasteiger partial charge in [0.05, 0.1) is 12.2 Å². The van der Waals surface area contributed by atoms with E-state index in [1.807, 2.05) is 36.6 Å². The van der Waals surface area contributed by atoms with Gasteiger partial charge in [-0.25, -0.2) is 14.8 Å². The SMILES string of the molecule is CCOC(=O)c1c(/N=C/c2cccs2)sc(/N=C/c2ccc(-c3cccs3)s2)c1C1OC(C)O1. The van der Waals surface area contributed by atoms with Gasteiger partial charge in [-0.2, -0.15) is 0 Å². The summed E-state index contributed by atoms with van der Waals surface area (Å²) in [7, 11) is 0. The normalized spacial score (nSPS) is 18.1. The summed E-state index contributed by atoms with van der Waals surface area (Å²) in [6.45, 7) is 3.84. The maximum Gasteiger partial charge on any atom is 0.341 e. The molecule has 0 aliphatic carbocycles. The van der Waals surface area contributed by atoms with E-state index in [-0.39, 0.29) is 12.9 Å². The summed E-state index contributed by atoms with van der Waals surface area (Å²) < 4.78 is 16.9. The van der Waals surface area contributed by atoms with Crippen molar-refractivity contribution in [2.45, 2.75) is 26.4 Å². The molecule has 5 rings (SSSR count). The number of thiophene rings is 4. The zero-order valence-corrected chi connectivity index (χ0v) is 21.6. The summed E-state index contributed by atoms with van der Waals surface area (Å²) >= 11 is 6.26. The largest absolute Gasteiger partial charge is 0.462 e. The summed E-state index contributed by atoms with van der Waals surface area (Å²) in [6, 6.07) is 12.2. The Kier molecular flexibility index (Phi) is 7.14. The van der Waals surface area contributed by atoms with Gasteiger partial charge in [0.15, 0.2) is 12.6 Å². The topological polar surface area (TPSA) is 69.5 Å². The molecular weight excluding hydrogens is 509 g/mol. The molecule has 0 unspecified atom stereocenters. The molecule has 6 nitrogen and oxygen atoms in total. The van der Waals surface area contributed by atoms with Crippen LogP contribution in [-0.4, -0.2) is 31.3 Å². The van der Waals surface area contributed by atoms with Gasteiger partial charge < -0.3 is 14.2 Å². The van der Waals surface area contributed by atoms with E-state index in [2.05, 4.69) is 22.5 Å². The summed E-state index contributed by atoms with van der Waals surface area (Å²) in [4.78, 5) is 26.7. The van der Waals surface area contributed by atoms with Gasteiger partial charge in [-0.05, 0) is 48.9 Å². The van der Waals surface area contributed by atoms with E-state index in [0.29, 0.717) is 21.1 Å². The molecule has 0 atom stereocenters. The van der Waals surface area contributed by atoms with Crippen LogP contribution in [-0.2, 0) is 14.2 Å². The molecule has 4 aromatic heterocycles. The van der Waals surface area contributed by atoms with E-state index < -0.39 is 12.3 Å². The van der Waals surface area contributed by atoms with Gasteiger partial charge in [0.1, 0.15) is 15.6 Å². The maximum atomic E-state index is 12.9. The molecule has 0 bridgehead atoms. The zero-order valence-electron chi connectivity index (χ0n) is 18.3. The van der Waals surface area contributed by atoms with Crippen molar-refractivity contribution in [2.75, 3.05) is 6.61 Å². The van der Waals surface area contributed by atoms with Gasteiger partial charge in [0.2, 0.25) is 0 Å². The molecule has 0 amide bonds. The van der Waals surface area contributed by atoms with E-state index in [1.54, 1.807) is 53.4 Å². The monoisotopic (exact) mass is 528 g/mol. The number of hydrogen-bond donors (Lipinski definition) is 0. The van der Waals surface area contributed by atoms with Crippen LogP contribution in [0.2, 0.25) is 0 Å². The number of hydrogen-bond acceptors (Lipinski definition) is 10. The Hall–Kier alpha value is -2.47. The molecule has 4 aromatic rings. The Morgan fingerprint density at radius 3 is 2.44 bits per heavy atom. The van der Waals surface area contributed by atoms with Crippen molar-refractivity contribution >= 4 is 73.7 Å². The predicted octanol–water partition coefficient (Wildman–Crippen LogP) is 7.67. The van der Waals surface area contributed by atoms with Crippen molar-refractivity contribution in [3.63, 3.8) is 0 Å². The molecule has 0 N–H and O–H groups in total. The minimum atomic E-state index is -0.687. The van der Waals surface area contributed by atoms with Crippen molar-refractivity contribution in [2.24, 2.45) is 9.98 Å². The average Bonchev–Trinajstić information content (AvgIpc) is 3.60. The summed E-state index contributed by atoms with van der Waals surface area (Å²) in [6.07, 6.45) is 2.52. The highest BCUT2D eigenvalue weighted by Crippen LogP contribution is 2.49. The third-order valence-corrected chi connectivity index (χ3v) is 8.72. The molecule has 0 aromatic carbocycles. The molecule has 1 saturated heterocycles. The Labute approximate surface area is 212 Å². The molecule has 1 fully saturated rings. The predicted molar refractivity (Wildman–Crippen MR) is 141 cm³/mol. The van der Waals surface area contributed by atoms with Crippen molar-refractivity contribution in [3.8, 4) is 9.75 Å². The van der Waals surface area contributed by atoms with Gasteiger partial charge in [-0.1, -0.05) is 23.5 Å². The molecule has 10 heteroatoms. The second kappa shape index (κ2) is 10.4. The van der Waals surface area contributed by atoms with Crippen LogP contribution < -0.4 is 0 Å². The smallest absolute Gasteiger partial charge is 0.341 e. The first-order valence-electron chi connectivity index (χ1n) is 10.5. The van der Waals surface area contributed by atoms with Crippen LogP contribution in [0.4, 0.5) is 10.0 Å².